The number of pyridine rings is 1. The monoisotopic (exact) mass is 456 g/mol. The number of aryl methyl sites for hydroxylation is 2. The smallest absolute Gasteiger partial charge is 0.169 e. The van der Waals surface area contributed by atoms with Gasteiger partial charge in [0.2, 0.25) is 0 Å². The van der Waals surface area contributed by atoms with E-state index in [0.717, 1.165) is 0 Å². The average Bonchev–Trinajstić information content (AvgIpc) is 2.84. The van der Waals surface area contributed by atoms with Crippen LogP contribution in [-0.2, 0) is 13.0 Å². The second kappa shape index (κ2) is 24.0. The standard InChI is InChI=1S/C32H58N/c1-3-5-7-9-11-12-13-14-15-16-17-18-19-21-23-25-29-33-30-27-32(28-31-33)26-24-22-20-10-8-6-4-2/h14-15,27-28,30-31H,3-13,16-26,29H2,1-2H3/q+1. The molecule has 0 N–H and O–H groups in total. The number of rotatable bonds is 24. The fourth-order valence-corrected chi connectivity index (χ4v) is 4.63. The van der Waals surface area contributed by atoms with Crippen LogP contribution < -0.4 is 4.57 Å². The van der Waals surface area contributed by atoms with Gasteiger partial charge < -0.3 is 0 Å². The minimum atomic E-state index is 1.18. The van der Waals surface area contributed by atoms with Gasteiger partial charge in [-0.05, 0) is 50.5 Å². The molecule has 0 radical (unpaired) electrons. The van der Waals surface area contributed by atoms with Crippen LogP contribution in [0.1, 0.15) is 154 Å². The summed E-state index contributed by atoms with van der Waals surface area (Å²) >= 11 is 0. The highest BCUT2D eigenvalue weighted by atomic mass is 14.9. The first-order valence-corrected chi connectivity index (χ1v) is 15.0. The Hall–Kier alpha value is -1.11. The van der Waals surface area contributed by atoms with Gasteiger partial charge in [0.05, 0.1) is 0 Å². The Kier molecular flexibility index (Phi) is 21.8. The average molecular weight is 457 g/mol. The predicted octanol–water partition coefficient (Wildman–Crippen LogP) is 10.3. The van der Waals surface area contributed by atoms with Crippen LogP contribution in [0, 0.1) is 0 Å². The number of allylic oxidation sites excluding steroid dienone is 2. The maximum absolute atomic E-state index is 2.43. The molecule has 0 fully saturated rings. The molecule has 0 aliphatic carbocycles. The lowest BCUT2D eigenvalue weighted by atomic mass is 10.1. The summed E-state index contributed by atoms with van der Waals surface area (Å²) in [5.41, 5.74) is 1.51. The molecule has 190 valence electrons. The molecule has 0 amide bonds. The Balaban J connectivity index is 1.88. The highest BCUT2D eigenvalue weighted by Crippen LogP contribution is 2.11. The fourth-order valence-electron chi connectivity index (χ4n) is 4.63. The minimum absolute atomic E-state index is 1.18. The minimum Gasteiger partial charge on any atom is -0.205 e. The largest absolute Gasteiger partial charge is 0.205 e. The Morgan fingerprint density at radius 1 is 0.515 bits per heavy atom. The third-order valence-electron chi connectivity index (χ3n) is 6.96. The van der Waals surface area contributed by atoms with Crippen LogP contribution in [0.15, 0.2) is 36.7 Å². The molecule has 0 spiro atoms. The van der Waals surface area contributed by atoms with Gasteiger partial charge in [-0.1, -0.05) is 116 Å². The number of aromatic nitrogens is 1. The lowest BCUT2D eigenvalue weighted by molar-refractivity contribution is -0.697. The summed E-state index contributed by atoms with van der Waals surface area (Å²) in [7, 11) is 0. The molecular weight excluding hydrogens is 398 g/mol. The van der Waals surface area contributed by atoms with Gasteiger partial charge >= 0.3 is 0 Å². The summed E-state index contributed by atoms with van der Waals surface area (Å²) in [6.45, 7) is 5.76. The highest BCUT2D eigenvalue weighted by Gasteiger charge is 2.02. The van der Waals surface area contributed by atoms with Crippen LogP contribution in [0.4, 0.5) is 0 Å². The van der Waals surface area contributed by atoms with E-state index in [2.05, 4.69) is 55.1 Å². The Morgan fingerprint density at radius 2 is 0.939 bits per heavy atom. The van der Waals surface area contributed by atoms with E-state index in [1.54, 1.807) is 0 Å². The fraction of sp³-hybridized carbons (Fsp3) is 0.781. The first-order chi connectivity index (χ1) is 16.4. The van der Waals surface area contributed by atoms with E-state index < -0.39 is 0 Å². The third-order valence-corrected chi connectivity index (χ3v) is 6.96. The van der Waals surface area contributed by atoms with Crippen LogP contribution in [0.5, 0.6) is 0 Å². The van der Waals surface area contributed by atoms with Gasteiger partial charge in [0.25, 0.3) is 0 Å². The van der Waals surface area contributed by atoms with Gasteiger partial charge in [-0.15, -0.1) is 0 Å². The van der Waals surface area contributed by atoms with E-state index in [9.17, 15) is 0 Å². The number of hydrogen-bond acceptors (Lipinski definition) is 0. The molecule has 0 bridgehead atoms. The quantitative estimate of drug-likeness (QED) is 0.0827. The zero-order valence-electron chi connectivity index (χ0n) is 22.7. The van der Waals surface area contributed by atoms with Crippen molar-refractivity contribution >= 4 is 0 Å². The zero-order chi connectivity index (χ0) is 23.7. The van der Waals surface area contributed by atoms with Crippen molar-refractivity contribution < 1.29 is 4.57 Å². The Bertz CT molecular complexity index is 530. The Labute approximate surface area is 208 Å². The molecule has 1 nitrogen and oxygen atoms in total. The third kappa shape index (κ3) is 20.0. The maximum Gasteiger partial charge on any atom is 0.169 e. The summed E-state index contributed by atoms with van der Waals surface area (Å²) in [6.07, 6.45) is 39.8. The van der Waals surface area contributed by atoms with Gasteiger partial charge in [-0.25, -0.2) is 4.57 Å². The van der Waals surface area contributed by atoms with Crippen molar-refractivity contribution in [1.29, 1.82) is 0 Å². The molecule has 0 aromatic carbocycles. The van der Waals surface area contributed by atoms with E-state index in [-0.39, 0.29) is 0 Å². The first-order valence-electron chi connectivity index (χ1n) is 15.0. The molecule has 0 saturated heterocycles. The van der Waals surface area contributed by atoms with Crippen LogP contribution in [0.25, 0.3) is 0 Å². The van der Waals surface area contributed by atoms with Gasteiger partial charge in [-0.3, -0.25) is 0 Å². The normalized spacial score (nSPS) is 11.6. The van der Waals surface area contributed by atoms with Gasteiger partial charge in [0.1, 0.15) is 6.54 Å². The van der Waals surface area contributed by atoms with E-state index in [0.29, 0.717) is 0 Å². The van der Waals surface area contributed by atoms with E-state index >= 15 is 0 Å². The molecule has 1 heterocycles. The molecule has 0 saturated carbocycles. The lowest BCUT2D eigenvalue weighted by Crippen LogP contribution is -2.32. The lowest BCUT2D eigenvalue weighted by Gasteiger charge is -2.03. The Morgan fingerprint density at radius 3 is 1.45 bits per heavy atom. The molecule has 0 aliphatic heterocycles. The second-order valence-corrected chi connectivity index (χ2v) is 10.3. The van der Waals surface area contributed by atoms with Crippen molar-refractivity contribution in [3.8, 4) is 0 Å². The zero-order valence-corrected chi connectivity index (χ0v) is 22.7. The SMILES string of the molecule is CCCCCCCCC=CCCCCCCCC[n+]1ccc(CCCCCCCCC)cc1. The van der Waals surface area contributed by atoms with Crippen LogP contribution >= 0.6 is 0 Å². The molecular formula is C32H58N+. The summed E-state index contributed by atoms with van der Waals surface area (Å²) in [5, 5.41) is 0. The van der Waals surface area contributed by atoms with Crippen molar-refractivity contribution in [3.05, 3.63) is 42.2 Å². The van der Waals surface area contributed by atoms with Gasteiger partial charge in [-0.2, -0.15) is 0 Å². The van der Waals surface area contributed by atoms with Crippen molar-refractivity contribution in [3.63, 3.8) is 0 Å². The van der Waals surface area contributed by atoms with E-state index in [1.807, 2.05) is 0 Å². The molecule has 0 aliphatic rings. The number of unbranched alkanes of at least 4 members (excludes halogenated alkanes) is 18. The van der Waals surface area contributed by atoms with Crippen molar-refractivity contribution in [2.45, 2.75) is 162 Å². The van der Waals surface area contributed by atoms with Crippen LogP contribution in [0.2, 0.25) is 0 Å². The topological polar surface area (TPSA) is 3.88 Å². The molecule has 1 aromatic heterocycles. The van der Waals surface area contributed by atoms with Crippen molar-refractivity contribution in [1.82, 2.24) is 0 Å². The van der Waals surface area contributed by atoms with Gasteiger partial charge in [0.15, 0.2) is 12.4 Å². The second-order valence-electron chi connectivity index (χ2n) is 10.3. The van der Waals surface area contributed by atoms with E-state index in [4.69, 9.17) is 0 Å². The number of hydrogen-bond donors (Lipinski definition) is 0. The van der Waals surface area contributed by atoms with Crippen molar-refractivity contribution in [2.75, 3.05) is 0 Å². The molecule has 33 heavy (non-hydrogen) atoms. The summed E-state index contributed by atoms with van der Waals surface area (Å²) in [5.74, 6) is 0. The molecule has 1 heteroatoms. The van der Waals surface area contributed by atoms with Crippen molar-refractivity contribution in [2.24, 2.45) is 0 Å². The molecule has 0 atom stereocenters. The summed E-state index contributed by atoms with van der Waals surface area (Å²) in [4.78, 5) is 0. The summed E-state index contributed by atoms with van der Waals surface area (Å²) < 4.78 is 2.38. The molecule has 0 unspecified atom stereocenters. The predicted molar refractivity (Wildman–Crippen MR) is 148 cm³/mol. The first kappa shape index (κ1) is 29.9. The highest BCUT2D eigenvalue weighted by molar-refractivity contribution is 5.07. The van der Waals surface area contributed by atoms with Crippen LogP contribution in [0.3, 0.4) is 0 Å². The van der Waals surface area contributed by atoms with Crippen LogP contribution in [-0.4, -0.2) is 0 Å². The van der Waals surface area contributed by atoms with Gasteiger partial charge in [0, 0.05) is 18.6 Å². The molecule has 1 rings (SSSR count). The van der Waals surface area contributed by atoms with E-state index in [1.165, 1.54) is 153 Å². The number of nitrogens with zero attached hydrogens (tertiary/aromatic N) is 1. The summed E-state index contributed by atoms with van der Waals surface area (Å²) in [6, 6.07) is 4.69. The maximum atomic E-state index is 2.43. The molecule has 1 aromatic rings.